The summed E-state index contributed by atoms with van der Waals surface area (Å²) in [4.78, 5) is 14.6. The van der Waals surface area contributed by atoms with Gasteiger partial charge in [0.05, 0.1) is 4.90 Å². The quantitative estimate of drug-likeness (QED) is 0.723. The predicted octanol–water partition coefficient (Wildman–Crippen LogP) is 3.47. The van der Waals surface area contributed by atoms with Crippen LogP contribution in [0.25, 0.3) is 6.08 Å². The third-order valence-electron chi connectivity index (χ3n) is 5.25. The highest BCUT2D eigenvalue weighted by atomic mass is 32.2. The summed E-state index contributed by atoms with van der Waals surface area (Å²) in [6.45, 7) is 9.04. The Hall–Kier alpha value is -2.44. The fourth-order valence-electron chi connectivity index (χ4n) is 3.80. The smallest absolute Gasteiger partial charge is 0.246 e. The molecule has 0 aromatic heterocycles. The molecule has 0 N–H and O–H groups in total. The largest absolute Gasteiger partial charge is 0.337 e. The van der Waals surface area contributed by atoms with E-state index < -0.39 is 10.0 Å². The van der Waals surface area contributed by atoms with E-state index in [-0.39, 0.29) is 5.91 Å². The Bertz CT molecular complexity index is 1010. The standard InChI is InChI=1S/C23H28N2O3S/c1-17-5-7-21(8-6-17)9-10-22(26)24-11-13-25(14-12-24)29(27,28)23-19(3)15-18(2)16-20(23)4/h5-10,15-16H,11-14H2,1-4H3/b10-9+. The molecule has 0 saturated carbocycles. The first-order valence-electron chi connectivity index (χ1n) is 9.80. The van der Waals surface area contributed by atoms with E-state index in [0.29, 0.717) is 31.1 Å². The van der Waals surface area contributed by atoms with Gasteiger partial charge in [0, 0.05) is 32.3 Å². The monoisotopic (exact) mass is 412 g/mol. The van der Waals surface area contributed by atoms with Gasteiger partial charge >= 0.3 is 0 Å². The van der Waals surface area contributed by atoms with Crippen molar-refractivity contribution in [1.82, 2.24) is 9.21 Å². The first-order chi connectivity index (χ1) is 13.7. The molecule has 1 aliphatic heterocycles. The summed E-state index contributed by atoms with van der Waals surface area (Å²) < 4.78 is 27.8. The van der Waals surface area contributed by atoms with Gasteiger partial charge in [-0.15, -0.1) is 0 Å². The first-order valence-corrected chi connectivity index (χ1v) is 11.2. The van der Waals surface area contributed by atoms with Crippen LogP contribution in [0.5, 0.6) is 0 Å². The Morgan fingerprint density at radius 2 is 1.41 bits per heavy atom. The summed E-state index contributed by atoms with van der Waals surface area (Å²) >= 11 is 0. The van der Waals surface area contributed by atoms with E-state index in [1.807, 2.05) is 64.1 Å². The number of carbonyl (C=O) groups excluding carboxylic acids is 1. The molecule has 0 aliphatic carbocycles. The van der Waals surface area contributed by atoms with E-state index in [4.69, 9.17) is 0 Å². The third-order valence-corrected chi connectivity index (χ3v) is 7.45. The summed E-state index contributed by atoms with van der Waals surface area (Å²) in [5.41, 5.74) is 4.72. The number of hydrogen-bond acceptors (Lipinski definition) is 3. The van der Waals surface area contributed by atoms with E-state index in [1.165, 1.54) is 9.87 Å². The van der Waals surface area contributed by atoms with Gasteiger partial charge in [-0.25, -0.2) is 8.42 Å². The van der Waals surface area contributed by atoms with Crippen LogP contribution in [0, 0.1) is 27.7 Å². The Morgan fingerprint density at radius 3 is 1.97 bits per heavy atom. The lowest BCUT2D eigenvalue weighted by molar-refractivity contribution is -0.127. The molecule has 154 valence electrons. The molecule has 2 aromatic rings. The number of rotatable bonds is 4. The third kappa shape index (κ3) is 4.77. The van der Waals surface area contributed by atoms with Gasteiger partial charge in [-0.2, -0.15) is 4.31 Å². The van der Waals surface area contributed by atoms with Crippen LogP contribution in [-0.2, 0) is 14.8 Å². The minimum atomic E-state index is -3.57. The highest BCUT2D eigenvalue weighted by Crippen LogP contribution is 2.26. The zero-order valence-corrected chi connectivity index (χ0v) is 18.3. The highest BCUT2D eigenvalue weighted by Gasteiger charge is 2.31. The van der Waals surface area contributed by atoms with Crippen LogP contribution < -0.4 is 0 Å². The van der Waals surface area contributed by atoms with Crippen molar-refractivity contribution in [2.45, 2.75) is 32.6 Å². The molecule has 0 unspecified atom stereocenters. The Morgan fingerprint density at radius 1 is 0.862 bits per heavy atom. The molecule has 29 heavy (non-hydrogen) atoms. The topological polar surface area (TPSA) is 57.7 Å². The van der Waals surface area contributed by atoms with Crippen LogP contribution in [-0.4, -0.2) is 49.7 Å². The second-order valence-corrected chi connectivity index (χ2v) is 9.58. The molecule has 1 amide bonds. The molecular weight excluding hydrogens is 384 g/mol. The molecule has 5 nitrogen and oxygen atoms in total. The summed E-state index contributed by atoms with van der Waals surface area (Å²) in [6.07, 6.45) is 3.35. The average Bonchev–Trinajstić information content (AvgIpc) is 2.66. The number of amides is 1. The number of benzene rings is 2. The van der Waals surface area contributed by atoms with Crippen molar-refractivity contribution in [3.8, 4) is 0 Å². The maximum atomic E-state index is 13.2. The maximum Gasteiger partial charge on any atom is 0.246 e. The molecule has 2 aromatic carbocycles. The molecule has 0 spiro atoms. The van der Waals surface area contributed by atoms with Crippen molar-refractivity contribution in [2.75, 3.05) is 26.2 Å². The normalized spacial score (nSPS) is 15.8. The lowest BCUT2D eigenvalue weighted by Gasteiger charge is -2.34. The number of hydrogen-bond donors (Lipinski definition) is 0. The molecule has 1 saturated heterocycles. The van der Waals surface area contributed by atoms with Crippen molar-refractivity contribution in [1.29, 1.82) is 0 Å². The van der Waals surface area contributed by atoms with Gasteiger partial charge in [-0.3, -0.25) is 4.79 Å². The molecule has 1 aliphatic rings. The lowest BCUT2D eigenvalue weighted by Crippen LogP contribution is -2.50. The molecule has 1 heterocycles. The van der Waals surface area contributed by atoms with Gasteiger partial charge in [0.15, 0.2) is 0 Å². The number of sulfonamides is 1. The summed E-state index contributed by atoms with van der Waals surface area (Å²) in [6, 6.07) is 11.7. The fraction of sp³-hybridized carbons (Fsp3) is 0.348. The van der Waals surface area contributed by atoms with E-state index in [0.717, 1.165) is 22.3 Å². The predicted molar refractivity (Wildman–Crippen MR) is 116 cm³/mol. The molecule has 3 rings (SSSR count). The van der Waals surface area contributed by atoms with Crippen LogP contribution in [0.3, 0.4) is 0 Å². The number of nitrogens with zero attached hydrogens (tertiary/aromatic N) is 2. The molecule has 0 radical (unpaired) electrons. The van der Waals surface area contributed by atoms with Gasteiger partial charge in [-0.1, -0.05) is 47.5 Å². The highest BCUT2D eigenvalue weighted by molar-refractivity contribution is 7.89. The second kappa shape index (κ2) is 8.51. The SMILES string of the molecule is Cc1ccc(/C=C/C(=O)N2CCN(S(=O)(=O)c3c(C)cc(C)cc3C)CC2)cc1. The molecule has 0 bridgehead atoms. The van der Waals surface area contributed by atoms with Gasteiger partial charge in [0.1, 0.15) is 0 Å². The average molecular weight is 413 g/mol. The van der Waals surface area contributed by atoms with Crippen molar-refractivity contribution >= 4 is 22.0 Å². The van der Waals surface area contributed by atoms with Crippen LogP contribution in [0.4, 0.5) is 0 Å². The first kappa shape index (κ1) is 21.3. The van der Waals surface area contributed by atoms with Crippen LogP contribution in [0.1, 0.15) is 27.8 Å². The van der Waals surface area contributed by atoms with E-state index in [2.05, 4.69) is 0 Å². The summed E-state index contributed by atoms with van der Waals surface area (Å²) in [7, 11) is -3.57. The van der Waals surface area contributed by atoms with Gasteiger partial charge in [0.2, 0.25) is 15.9 Å². The van der Waals surface area contributed by atoms with E-state index in [9.17, 15) is 13.2 Å². The number of aryl methyl sites for hydroxylation is 4. The van der Waals surface area contributed by atoms with Crippen molar-refractivity contribution in [3.05, 3.63) is 70.3 Å². The van der Waals surface area contributed by atoms with Crippen molar-refractivity contribution in [3.63, 3.8) is 0 Å². The Balaban J connectivity index is 1.67. The van der Waals surface area contributed by atoms with Crippen LogP contribution in [0.2, 0.25) is 0 Å². The van der Waals surface area contributed by atoms with Crippen LogP contribution >= 0.6 is 0 Å². The summed E-state index contributed by atoms with van der Waals surface area (Å²) in [5, 5.41) is 0. The zero-order chi connectivity index (χ0) is 21.2. The second-order valence-electron chi connectivity index (χ2n) is 7.70. The minimum Gasteiger partial charge on any atom is -0.337 e. The van der Waals surface area contributed by atoms with Gasteiger partial charge < -0.3 is 4.90 Å². The van der Waals surface area contributed by atoms with E-state index in [1.54, 1.807) is 17.1 Å². The van der Waals surface area contributed by atoms with Crippen molar-refractivity contribution in [2.24, 2.45) is 0 Å². The lowest BCUT2D eigenvalue weighted by atomic mass is 10.1. The van der Waals surface area contributed by atoms with Gasteiger partial charge in [-0.05, 0) is 50.5 Å². The molecule has 6 heteroatoms. The molecule has 1 fully saturated rings. The molecule has 0 atom stereocenters. The van der Waals surface area contributed by atoms with Crippen LogP contribution in [0.15, 0.2) is 47.4 Å². The fourth-order valence-corrected chi connectivity index (χ4v) is 5.64. The van der Waals surface area contributed by atoms with E-state index >= 15 is 0 Å². The number of carbonyl (C=O) groups is 1. The van der Waals surface area contributed by atoms with Gasteiger partial charge in [0.25, 0.3) is 0 Å². The Kier molecular flexibility index (Phi) is 6.24. The minimum absolute atomic E-state index is 0.0923. The zero-order valence-electron chi connectivity index (χ0n) is 17.5. The molecular formula is C23H28N2O3S. The Labute approximate surface area is 173 Å². The summed E-state index contributed by atoms with van der Waals surface area (Å²) in [5.74, 6) is -0.0923. The number of piperazine rings is 1. The maximum absolute atomic E-state index is 13.2. The van der Waals surface area contributed by atoms with Crippen molar-refractivity contribution < 1.29 is 13.2 Å².